The Kier molecular flexibility index (Phi) is 32.5. The van der Waals surface area contributed by atoms with E-state index in [1.54, 1.807) is 73.6 Å². The van der Waals surface area contributed by atoms with Crippen LogP contribution in [-0.4, -0.2) is 210 Å². The van der Waals surface area contributed by atoms with Crippen LogP contribution in [0.2, 0.25) is 0 Å². The minimum atomic E-state index is -0.807. The van der Waals surface area contributed by atoms with Gasteiger partial charge in [0.1, 0.15) is 28.5 Å². The second kappa shape index (κ2) is 44.3. The third-order valence-electron chi connectivity index (χ3n) is 20.7. The second-order valence-corrected chi connectivity index (χ2v) is 32.3. The van der Waals surface area contributed by atoms with Crippen molar-refractivity contribution in [3.05, 3.63) is 222 Å². The Hall–Kier alpha value is -15.2. The van der Waals surface area contributed by atoms with Gasteiger partial charge >= 0.3 is 0 Å². The monoisotopic (exact) mass is 1800 g/mol. The van der Waals surface area contributed by atoms with E-state index in [1.165, 1.54) is 112 Å². The Bertz CT molecular complexity index is 5910. The van der Waals surface area contributed by atoms with Crippen molar-refractivity contribution in [2.24, 2.45) is 62.1 Å². The molecule has 0 aliphatic rings. The first kappa shape index (κ1) is 95.5. The van der Waals surface area contributed by atoms with Gasteiger partial charge in [-0.2, -0.15) is 0 Å². The summed E-state index contributed by atoms with van der Waals surface area (Å²) in [5.41, 5.74) is 11.5. The van der Waals surface area contributed by atoms with E-state index < -0.39 is 69.9 Å². The fraction of sp³-hybridized carbons (Fsp3) is 0.330. The van der Waals surface area contributed by atoms with E-state index in [2.05, 4.69) is 113 Å². The number of hydrogen-bond donors (Lipinski definition) is 14. The number of nitrogens with one attached hydrogen (secondary N) is 13. The van der Waals surface area contributed by atoms with Crippen LogP contribution in [-0.2, 0) is 85.1 Å². The van der Waals surface area contributed by atoms with Gasteiger partial charge in [-0.1, -0.05) is 79.2 Å². The summed E-state index contributed by atoms with van der Waals surface area (Å²) in [6.45, 7) is 1.99. The number of carbonyl (C=O) groups excluding carboxylic acids is 13. The molecule has 3 aromatic carbocycles. The van der Waals surface area contributed by atoms with E-state index in [9.17, 15) is 62.3 Å². The van der Waals surface area contributed by atoms with Gasteiger partial charge in [0.15, 0.2) is 23.3 Å². The number of unbranched alkanes of at least 4 members (excludes halogenated alkanes) is 2. The molecule has 11 aromatic rings. The Morgan fingerprint density at radius 3 is 1.18 bits per heavy atom. The number of nitrogens with two attached hydrogens (primary N) is 1. The molecule has 0 fully saturated rings. The van der Waals surface area contributed by atoms with Crippen molar-refractivity contribution < 1.29 is 67.1 Å². The highest BCUT2D eigenvalue weighted by Gasteiger charge is 2.39. The minimum absolute atomic E-state index is 0.00969. The number of ether oxygens (including phenoxy) is 1. The molecule has 8 heterocycles. The number of carbonyl (C=O) groups is 13. The summed E-state index contributed by atoms with van der Waals surface area (Å²) in [7, 11) is 18.1. The van der Waals surface area contributed by atoms with Crippen molar-refractivity contribution in [3.63, 3.8) is 0 Å². The summed E-state index contributed by atoms with van der Waals surface area (Å²) >= 11 is 1.59. The molecule has 0 spiro atoms. The molecule has 0 saturated carbocycles. The van der Waals surface area contributed by atoms with E-state index in [0.717, 1.165) is 35.4 Å². The molecule has 684 valence electrons. The van der Waals surface area contributed by atoms with Crippen LogP contribution in [0.15, 0.2) is 159 Å². The van der Waals surface area contributed by atoms with E-state index in [-0.39, 0.29) is 150 Å². The third kappa shape index (κ3) is 25.4. The van der Waals surface area contributed by atoms with Crippen molar-refractivity contribution in [2.45, 2.75) is 68.6 Å². The molecule has 41 nitrogen and oxygen atoms in total. The lowest BCUT2D eigenvalue weighted by Crippen LogP contribution is -2.43. The number of methoxy groups -OCH3 is 1. The van der Waals surface area contributed by atoms with Gasteiger partial charge in [-0.25, -0.2) is 19.9 Å². The predicted molar refractivity (Wildman–Crippen MR) is 489 cm³/mol. The van der Waals surface area contributed by atoms with Gasteiger partial charge in [0, 0.05) is 170 Å². The maximum Gasteiger partial charge on any atom is 0.292 e. The normalized spacial score (nSPS) is 11.4. The maximum atomic E-state index is 13.6. The van der Waals surface area contributed by atoms with Gasteiger partial charge in [0.05, 0.1) is 40.6 Å². The van der Waals surface area contributed by atoms with Crippen LogP contribution < -0.4 is 79.6 Å². The van der Waals surface area contributed by atoms with Gasteiger partial charge in [0.2, 0.25) is 52.8 Å². The standard InChI is InChI=1S/C88H107N27O14S/c1-107(2)40-22-37-90-72(117)33-39-94-81(122)64-43-60(48-109(64)4)98-84(125)75-101-68(50-113(75)8)104-83(124)66-44-58(46-111(66)6)96-82(123)65-41-57(45-110(65)5)95-73(118)28-21-36-93-80(121)63-42-59(47-108(63)3)97-85(126)76-102-69(51-114(76)9)105-87(128)78-103-70(52-115(78)10)106-86(127)77-100-67(49-112(77)7)99-74(119)34-38-91-71(116)27-19-14-20-35-92-79(120)62(89)53-130-88(54-23-15-12-16-24-54,55-25-17-13-18-26-55)56-29-31-61(129-11)32-30-56/h12-13,15-18,23-26,29-32,41-52,62H,14,19-22,27-28,33-40,53,89H2,1-11H3,(H,90,117)(H,91,116)(H,92,120)(H,93,121)(H,94,122)(H,95,118)(H,96,123)(H,97,126)(H,98,125)(H,99,119)(H,104,124)(H,105,128)(H,106,127)/t62-/m0/s1. The number of benzene rings is 3. The van der Waals surface area contributed by atoms with E-state index in [0.29, 0.717) is 49.5 Å². The van der Waals surface area contributed by atoms with Crippen LogP contribution in [0.3, 0.4) is 0 Å². The molecule has 1 atom stereocenters. The zero-order valence-electron chi connectivity index (χ0n) is 73.9. The molecular formula is C88H107N27O14S. The SMILES string of the molecule is COc1ccc(C(SC[C@H](N)C(=O)NCCCCCC(=O)NCCC(=O)Nc2cn(C)c(C(=O)Nc3cn(C)c(C(=O)Nc4cn(C)c(C(=O)Nc5cc(C(=O)NCCCC(=O)Nc6cc(C(=O)Nc7cc(C(=O)Nc8cn(C)c(C(=O)Nc9cc(C(=O)NCCC(=O)NCCCN(C)C)n(C)c9)n8)n(C)c7)n(C)c6)n(C)c5)n4)n3)n2)(c2ccccc2)c2ccccc2)cc1. The summed E-state index contributed by atoms with van der Waals surface area (Å²) in [6, 6.07) is 33.2. The van der Waals surface area contributed by atoms with Gasteiger partial charge in [-0.15, -0.1) is 11.8 Å². The molecule has 8 aromatic heterocycles. The lowest BCUT2D eigenvalue weighted by atomic mass is 9.84. The van der Waals surface area contributed by atoms with Crippen LogP contribution in [0, 0.1) is 0 Å². The Balaban J connectivity index is 0.549. The summed E-state index contributed by atoms with van der Waals surface area (Å²) in [5.74, 6) is -5.70. The first-order chi connectivity index (χ1) is 62.2. The molecule has 0 unspecified atom stereocenters. The van der Waals surface area contributed by atoms with E-state index in [1.807, 2.05) is 79.7 Å². The van der Waals surface area contributed by atoms with E-state index >= 15 is 0 Å². The topological polar surface area (TPSA) is 508 Å². The smallest absolute Gasteiger partial charge is 0.292 e. The number of thioether (sulfide) groups is 1. The van der Waals surface area contributed by atoms with Crippen LogP contribution in [0.1, 0.15) is 159 Å². The minimum Gasteiger partial charge on any atom is -0.497 e. The lowest BCUT2D eigenvalue weighted by molar-refractivity contribution is -0.122. The Morgan fingerprint density at radius 1 is 0.362 bits per heavy atom. The fourth-order valence-electron chi connectivity index (χ4n) is 14.1. The first-order valence-corrected chi connectivity index (χ1v) is 42.6. The summed E-state index contributed by atoms with van der Waals surface area (Å²) < 4.78 is 16.3. The first-order valence-electron chi connectivity index (χ1n) is 41.7. The molecule has 11 rings (SSSR count). The summed E-state index contributed by atoms with van der Waals surface area (Å²) in [4.78, 5) is 191. The third-order valence-corrected chi connectivity index (χ3v) is 22.3. The fourth-order valence-corrected chi connectivity index (χ4v) is 15.6. The van der Waals surface area contributed by atoms with Gasteiger partial charge < -0.3 is 121 Å². The average molecular weight is 1800 g/mol. The lowest BCUT2D eigenvalue weighted by Gasteiger charge is -2.36. The van der Waals surface area contributed by atoms with Gasteiger partial charge in [0.25, 0.3) is 47.3 Å². The Labute approximate surface area is 752 Å². The highest BCUT2D eigenvalue weighted by molar-refractivity contribution is 8.00. The average Bonchev–Trinajstić information content (AvgIpc) is 0.893. The number of aryl methyl sites for hydroxylation is 8. The highest BCUT2D eigenvalue weighted by Crippen LogP contribution is 2.49. The number of anilines is 8. The number of nitrogens with zero attached hydrogens (tertiary/aromatic N) is 13. The molecule has 0 aliphatic heterocycles. The van der Waals surface area contributed by atoms with Crippen molar-refractivity contribution >= 4 is 135 Å². The van der Waals surface area contributed by atoms with Crippen molar-refractivity contribution in [2.75, 3.05) is 109 Å². The molecule has 13 amide bonds. The van der Waals surface area contributed by atoms with Crippen LogP contribution in [0.4, 0.5) is 46.0 Å². The van der Waals surface area contributed by atoms with Crippen molar-refractivity contribution in [1.29, 1.82) is 0 Å². The molecule has 42 heteroatoms. The van der Waals surface area contributed by atoms with Crippen LogP contribution >= 0.6 is 11.8 Å². The highest BCUT2D eigenvalue weighted by atomic mass is 32.2. The molecular weight excluding hydrogens is 1690 g/mol. The van der Waals surface area contributed by atoms with Crippen LogP contribution in [0.5, 0.6) is 5.75 Å². The molecule has 0 radical (unpaired) electrons. The largest absolute Gasteiger partial charge is 0.497 e. The zero-order chi connectivity index (χ0) is 93.5. The molecule has 15 N–H and O–H groups in total. The van der Waals surface area contributed by atoms with Crippen LogP contribution in [0.25, 0.3) is 0 Å². The summed E-state index contributed by atoms with van der Waals surface area (Å²) in [6.07, 6.45) is 14.9. The van der Waals surface area contributed by atoms with Crippen molar-refractivity contribution in [3.8, 4) is 5.75 Å². The number of amides is 13. The molecule has 0 saturated heterocycles. The van der Waals surface area contributed by atoms with Gasteiger partial charge in [-0.3, -0.25) is 62.3 Å². The summed E-state index contributed by atoms with van der Waals surface area (Å²) in [5, 5.41) is 35.5. The maximum absolute atomic E-state index is 13.6. The molecule has 130 heavy (non-hydrogen) atoms. The van der Waals surface area contributed by atoms with E-state index in [4.69, 9.17) is 10.5 Å². The molecule has 0 bridgehead atoms. The second-order valence-electron chi connectivity index (χ2n) is 31.1. The zero-order valence-corrected chi connectivity index (χ0v) is 74.7. The number of hydrogen-bond acceptors (Lipinski definition) is 21. The van der Waals surface area contributed by atoms with Crippen molar-refractivity contribution in [1.82, 2.24) is 88.0 Å². The molecule has 0 aliphatic carbocycles. The number of aromatic nitrogens is 12. The van der Waals surface area contributed by atoms with Gasteiger partial charge in [-0.05, 0) is 99.4 Å². The number of rotatable bonds is 44. The number of imidazole rings is 4. The quantitative estimate of drug-likeness (QED) is 0.0154. The predicted octanol–water partition coefficient (Wildman–Crippen LogP) is 6.01. The Morgan fingerprint density at radius 2 is 0.715 bits per heavy atom.